The number of rotatable bonds is 6. The maximum absolute atomic E-state index is 12.6. The smallest absolute Gasteiger partial charge is 0.375 e. The molecule has 1 N–H and O–H groups in total. The number of hydrogen-bond acceptors (Lipinski definition) is 6. The van der Waals surface area contributed by atoms with Crippen LogP contribution in [-0.2, 0) is 14.8 Å². The minimum Gasteiger partial charge on any atom is -0.448 e. The molecule has 0 spiro atoms. The maximum atomic E-state index is 12.6. The molecule has 0 aliphatic heterocycles. The van der Waals surface area contributed by atoms with Gasteiger partial charge in [0.05, 0.1) is 11.3 Å². The van der Waals surface area contributed by atoms with Crippen LogP contribution in [0.2, 0.25) is 5.02 Å². The highest BCUT2D eigenvalue weighted by molar-refractivity contribution is 7.92. The van der Waals surface area contributed by atoms with Gasteiger partial charge in [0.15, 0.2) is 11.7 Å². The second-order valence-corrected chi connectivity index (χ2v) is 8.69. The van der Waals surface area contributed by atoms with E-state index in [1.807, 2.05) is 0 Å². The fraction of sp³-hybridized carbons (Fsp3) is 0.200. The second-order valence-electron chi connectivity index (χ2n) is 6.54. The average molecular weight is 436 g/mol. The number of ketones is 1. The second kappa shape index (κ2) is 7.88. The highest BCUT2D eigenvalue weighted by Crippen LogP contribution is 2.31. The SMILES string of the molecule is Cc1c(C(=O)OC(C)C(=O)c2ccc(NS(C)(=O)=O)cc2)oc2c(Cl)cccc12. The summed E-state index contributed by atoms with van der Waals surface area (Å²) in [6.07, 6.45) is -0.0415. The lowest BCUT2D eigenvalue weighted by Gasteiger charge is -2.12. The van der Waals surface area contributed by atoms with E-state index in [0.29, 0.717) is 27.2 Å². The van der Waals surface area contributed by atoms with Gasteiger partial charge in [-0.1, -0.05) is 23.7 Å². The van der Waals surface area contributed by atoms with Gasteiger partial charge in [0.25, 0.3) is 0 Å². The first-order chi connectivity index (χ1) is 13.6. The molecule has 0 radical (unpaired) electrons. The first-order valence-corrected chi connectivity index (χ1v) is 10.8. The van der Waals surface area contributed by atoms with E-state index >= 15 is 0 Å². The van der Waals surface area contributed by atoms with Crippen molar-refractivity contribution in [3.63, 3.8) is 0 Å². The number of carbonyl (C=O) groups excluding carboxylic acids is 2. The van der Waals surface area contributed by atoms with E-state index < -0.39 is 27.9 Å². The Morgan fingerprint density at radius 3 is 2.38 bits per heavy atom. The molecule has 0 aliphatic rings. The number of halogens is 1. The molecule has 7 nitrogen and oxygen atoms in total. The zero-order valence-electron chi connectivity index (χ0n) is 15.9. The molecule has 152 valence electrons. The van der Waals surface area contributed by atoms with Crippen molar-refractivity contribution in [2.75, 3.05) is 11.0 Å². The predicted molar refractivity (Wildman–Crippen MR) is 110 cm³/mol. The monoisotopic (exact) mass is 435 g/mol. The molecule has 1 atom stereocenters. The molecule has 0 amide bonds. The number of hydrogen-bond donors (Lipinski definition) is 1. The minimum atomic E-state index is -3.42. The predicted octanol–water partition coefficient (Wildman–Crippen LogP) is 4.19. The molecule has 2 aromatic carbocycles. The number of anilines is 1. The van der Waals surface area contributed by atoms with Crippen LogP contribution in [-0.4, -0.2) is 32.5 Å². The molecule has 3 aromatic rings. The van der Waals surface area contributed by atoms with E-state index in [9.17, 15) is 18.0 Å². The fourth-order valence-electron chi connectivity index (χ4n) is 2.82. The summed E-state index contributed by atoms with van der Waals surface area (Å²) in [6, 6.07) is 11.0. The van der Waals surface area contributed by atoms with Gasteiger partial charge in [-0.2, -0.15) is 0 Å². The van der Waals surface area contributed by atoms with Crippen molar-refractivity contribution < 1.29 is 27.2 Å². The third-order valence-corrected chi connectivity index (χ3v) is 5.13. The van der Waals surface area contributed by atoms with E-state index in [2.05, 4.69) is 4.72 Å². The van der Waals surface area contributed by atoms with Crippen LogP contribution in [0, 0.1) is 6.92 Å². The summed E-state index contributed by atoms with van der Waals surface area (Å²) >= 11 is 6.09. The van der Waals surface area contributed by atoms with Crippen molar-refractivity contribution >= 4 is 50.0 Å². The summed E-state index contributed by atoms with van der Waals surface area (Å²) in [4.78, 5) is 25.1. The van der Waals surface area contributed by atoms with Gasteiger partial charge in [0.2, 0.25) is 21.6 Å². The Balaban J connectivity index is 1.75. The molecule has 0 saturated carbocycles. The van der Waals surface area contributed by atoms with E-state index in [4.69, 9.17) is 20.8 Å². The molecular formula is C20H18ClNO6S. The Bertz CT molecular complexity index is 1200. The van der Waals surface area contributed by atoms with Crippen LogP contribution in [0.15, 0.2) is 46.9 Å². The molecule has 3 rings (SSSR count). The molecular weight excluding hydrogens is 418 g/mol. The lowest BCUT2D eigenvalue weighted by atomic mass is 10.1. The van der Waals surface area contributed by atoms with E-state index in [1.54, 1.807) is 25.1 Å². The Morgan fingerprint density at radius 2 is 1.79 bits per heavy atom. The number of furan rings is 1. The first kappa shape index (κ1) is 20.9. The van der Waals surface area contributed by atoms with Crippen molar-refractivity contribution in [2.24, 2.45) is 0 Å². The third-order valence-electron chi connectivity index (χ3n) is 4.23. The van der Waals surface area contributed by atoms with Gasteiger partial charge in [0.1, 0.15) is 0 Å². The topological polar surface area (TPSA) is 103 Å². The lowest BCUT2D eigenvalue weighted by Crippen LogP contribution is -2.24. The Kier molecular flexibility index (Phi) is 5.68. The van der Waals surface area contributed by atoms with Crippen LogP contribution in [0.3, 0.4) is 0 Å². The summed E-state index contributed by atoms with van der Waals surface area (Å²) in [6.45, 7) is 3.16. The van der Waals surface area contributed by atoms with Crippen LogP contribution in [0.1, 0.15) is 33.4 Å². The van der Waals surface area contributed by atoms with Crippen LogP contribution in [0.25, 0.3) is 11.0 Å². The summed E-state index contributed by atoms with van der Waals surface area (Å²) in [5.74, 6) is -1.22. The summed E-state index contributed by atoms with van der Waals surface area (Å²) in [7, 11) is -3.42. The number of benzene rings is 2. The van der Waals surface area contributed by atoms with Crippen LogP contribution < -0.4 is 4.72 Å². The van der Waals surface area contributed by atoms with E-state index in [1.165, 1.54) is 31.2 Å². The van der Waals surface area contributed by atoms with Crippen molar-refractivity contribution in [1.82, 2.24) is 0 Å². The summed E-state index contributed by atoms with van der Waals surface area (Å²) in [5.41, 5.74) is 1.55. The number of nitrogens with one attached hydrogen (secondary N) is 1. The number of sulfonamides is 1. The third kappa shape index (κ3) is 4.60. The molecule has 0 fully saturated rings. The van der Waals surface area contributed by atoms with Crippen molar-refractivity contribution in [3.8, 4) is 0 Å². The number of para-hydroxylation sites is 1. The Labute approximate surface area is 172 Å². The van der Waals surface area contributed by atoms with Gasteiger partial charge in [0, 0.05) is 22.2 Å². The quantitative estimate of drug-likeness (QED) is 0.460. The fourth-order valence-corrected chi connectivity index (χ4v) is 3.60. The molecule has 29 heavy (non-hydrogen) atoms. The molecule has 1 heterocycles. The highest BCUT2D eigenvalue weighted by Gasteiger charge is 2.25. The van der Waals surface area contributed by atoms with Gasteiger partial charge in [-0.3, -0.25) is 9.52 Å². The number of Topliss-reactive ketones (excluding diaryl/α,β-unsaturated/α-hetero) is 1. The normalized spacial score (nSPS) is 12.6. The zero-order valence-corrected chi connectivity index (χ0v) is 17.4. The van der Waals surface area contributed by atoms with Gasteiger partial charge >= 0.3 is 5.97 Å². The lowest BCUT2D eigenvalue weighted by molar-refractivity contribution is 0.0290. The van der Waals surface area contributed by atoms with E-state index in [-0.39, 0.29) is 11.3 Å². The summed E-state index contributed by atoms with van der Waals surface area (Å²) < 4.78 is 35.6. The number of carbonyl (C=O) groups is 2. The van der Waals surface area contributed by atoms with Crippen LogP contribution in [0.5, 0.6) is 0 Å². The first-order valence-electron chi connectivity index (χ1n) is 8.57. The highest BCUT2D eigenvalue weighted by atomic mass is 35.5. The van der Waals surface area contributed by atoms with Crippen molar-refractivity contribution in [1.29, 1.82) is 0 Å². The maximum Gasteiger partial charge on any atom is 0.375 e. The number of fused-ring (bicyclic) bond motifs is 1. The summed E-state index contributed by atoms with van der Waals surface area (Å²) in [5, 5.41) is 1.06. The average Bonchev–Trinajstić information content (AvgIpc) is 2.99. The largest absolute Gasteiger partial charge is 0.448 e. The molecule has 0 bridgehead atoms. The zero-order chi connectivity index (χ0) is 21.3. The van der Waals surface area contributed by atoms with Gasteiger partial charge in [-0.15, -0.1) is 0 Å². The van der Waals surface area contributed by atoms with Gasteiger partial charge in [-0.25, -0.2) is 13.2 Å². The number of esters is 1. The molecule has 1 unspecified atom stereocenters. The Hall–Kier alpha value is -2.84. The molecule has 1 aromatic heterocycles. The van der Waals surface area contributed by atoms with E-state index in [0.717, 1.165) is 6.26 Å². The van der Waals surface area contributed by atoms with Crippen molar-refractivity contribution in [2.45, 2.75) is 20.0 Å². The minimum absolute atomic E-state index is 0.0135. The molecule has 9 heteroatoms. The molecule has 0 saturated heterocycles. The van der Waals surface area contributed by atoms with Gasteiger partial charge < -0.3 is 9.15 Å². The van der Waals surface area contributed by atoms with Crippen LogP contribution >= 0.6 is 11.6 Å². The van der Waals surface area contributed by atoms with Crippen LogP contribution in [0.4, 0.5) is 5.69 Å². The number of aryl methyl sites for hydroxylation is 1. The Morgan fingerprint density at radius 1 is 1.14 bits per heavy atom. The molecule has 0 aliphatic carbocycles. The number of ether oxygens (including phenoxy) is 1. The standard InChI is InChI=1S/C20H18ClNO6S/c1-11-15-5-4-6-16(21)19(15)28-18(11)20(24)27-12(2)17(23)13-7-9-14(10-8-13)22-29(3,25)26/h4-10,12,22H,1-3H3. The van der Waals surface area contributed by atoms with Crippen molar-refractivity contribution in [3.05, 3.63) is 64.4 Å². The van der Waals surface area contributed by atoms with Gasteiger partial charge in [-0.05, 0) is 44.2 Å².